The molecule has 0 saturated carbocycles. The maximum Gasteiger partial charge on any atom is 0.328 e. The van der Waals surface area contributed by atoms with Crippen molar-refractivity contribution in [3.05, 3.63) is 0 Å². The van der Waals surface area contributed by atoms with Crippen LogP contribution in [0.15, 0.2) is 0 Å². The number of nitrogens with one attached hydrogen (secondary N) is 6. The molecule has 0 spiro atoms. The van der Waals surface area contributed by atoms with Gasteiger partial charge in [-0.25, -0.2) is 4.79 Å². The third-order valence-corrected chi connectivity index (χ3v) is 7.56. The van der Waals surface area contributed by atoms with Gasteiger partial charge in [0.25, 0.3) is 0 Å². The van der Waals surface area contributed by atoms with E-state index < -0.39 is 90.3 Å². The molecule has 20 heteroatoms. The van der Waals surface area contributed by atoms with Crippen LogP contribution in [0, 0.1) is 11.8 Å². The number of aliphatic hydroxyl groups excluding tert-OH is 1. The SMILES string of the molecule is CC(C)C[C@H](NC(=O)[C@@H](CC(C)C)NC(=O)[C@H](CCN)NC(=O)[C@@H](N)CCN)C(=O)N[C@@H](CCN)C(=O)N[C@@H](CCN)C(=O)N[C@@H](CO)C(=O)O. The van der Waals surface area contributed by atoms with Crippen LogP contribution in [0.3, 0.4) is 0 Å². The number of carbonyl (C=O) groups is 7. The first kappa shape index (κ1) is 47.0. The Balaban J connectivity index is 6.05. The fourth-order valence-electron chi connectivity index (χ4n) is 4.85. The second-order valence-corrected chi connectivity index (χ2v) is 13.1. The summed E-state index contributed by atoms with van der Waals surface area (Å²) in [6.07, 6.45) is 0.393. The summed E-state index contributed by atoms with van der Waals surface area (Å²) < 4.78 is 0. The Morgan fingerprint density at radius 2 is 0.745 bits per heavy atom. The maximum absolute atomic E-state index is 13.6. The van der Waals surface area contributed by atoms with Crippen LogP contribution in [0.4, 0.5) is 0 Å². The number of carboxylic acid groups (broad SMARTS) is 1. The summed E-state index contributed by atoms with van der Waals surface area (Å²) >= 11 is 0. The lowest BCUT2D eigenvalue weighted by Gasteiger charge is -2.28. The first-order chi connectivity index (χ1) is 23.9. The number of aliphatic hydroxyl groups is 1. The average Bonchev–Trinajstić information content (AvgIpc) is 3.04. The van der Waals surface area contributed by atoms with Crippen molar-refractivity contribution >= 4 is 41.4 Å². The number of hydrogen-bond donors (Lipinski definition) is 13. The summed E-state index contributed by atoms with van der Waals surface area (Å²) in [6, 6.07) is -8.53. The van der Waals surface area contributed by atoms with Gasteiger partial charge in [-0.05, 0) is 76.5 Å². The summed E-state index contributed by atoms with van der Waals surface area (Å²) in [5.41, 5.74) is 28.3. The largest absolute Gasteiger partial charge is 0.480 e. The van der Waals surface area contributed by atoms with Crippen LogP contribution in [0.5, 0.6) is 0 Å². The van der Waals surface area contributed by atoms with Crippen molar-refractivity contribution < 1.29 is 43.8 Å². The van der Waals surface area contributed by atoms with Crippen molar-refractivity contribution in [2.75, 3.05) is 32.8 Å². The number of nitrogens with two attached hydrogens (primary N) is 5. The second kappa shape index (κ2) is 25.1. The van der Waals surface area contributed by atoms with Crippen molar-refractivity contribution in [3.8, 4) is 0 Å². The standard InChI is InChI=1S/C31H61N11O9/c1-16(2)13-22(29(48)39-20(7-11-34)26(45)38-21(8-12-35)28(47)42-24(15-43)31(50)51)41-30(49)23(14-17(3)4)40-27(46)19(6-10-33)37-25(44)18(36)5-9-32/h16-24,43H,5-15,32-36H2,1-4H3,(H,37,44)(H,38,45)(H,39,48)(H,40,46)(H,41,49)(H,42,47)(H,50,51)/t18-,19-,20-,21-,22-,23+,24-/m0/s1. The topological polar surface area (TPSA) is 362 Å². The fraction of sp³-hybridized carbons (Fsp3) is 0.774. The van der Waals surface area contributed by atoms with Crippen LogP contribution >= 0.6 is 0 Å². The lowest BCUT2D eigenvalue weighted by Crippen LogP contribution is -2.60. The third kappa shape index (κ3) is 18.2. The van der Waals surface area contributed by atoms with Gasteiger partial charge in [0.15, 0.2) is 0 Å². The highest BCUT2D eigenvalue weighted by Crippen LogP contribution is 2.11. The van der Waals surface area contributed by atoms with E-state index in [0.29, 0.717) is 0 Å². The molecule has 0 aliphatic rings. The van der Waals surface area contributed by atoms with E-state index in [1.807, 2.05) is 27.7 Å². The van der Waals surface area contributed by atoms with Crippen molar-refractivity contribution in [2.45, 2.75) is 109 Å². The number of hydrogen-bond acceptors (Lipinski definition) is 13. The van der Waals surface area contributed by atoms with E-state index in [1.54, 1.807) is 0 Å². The maximum atomic E-state index is 13.6. The van der Waals surface area contributed by atoms with Gasteiger partial charge in [-0.3, -0.25) is 28.8 Å². The summed E-state index contributed by atoms with van der Waals surface area (Å²) in [5, 5.41) is 33.4. The first-order valence-corrected chi connectivity index (χ1v) is 17.2. The number of carbonyl (C=O) groups excluding carboxylic acids is 6. The van der Waals surface area contributed by atoms with Crippen LogP contribution in [-0.2, 0) is 33.6 Å². The monoisotopic (exact) mass is 731 g/mol. The Kier molecular flexibility index (Phi) is 23.1. The van der Waals surface area contributed by atoms with E-state index in [2.05, 4.69) is 31.9 Å². The number of amides is 6. The zero-order chi connectivity index (χ0) is 39.3. The van der Waals surface area contributed by atoms with Crippen molar-refractivity contribution in [1.29, 1.82) is 0 Å². The molecule has 0 aliphatic heterocycles. The molecule has 0 unspecified atom stereocenters. The molecule has 294 valence electrons. The molecule has 0 fully saturated rings. The molecule has 0 aromatic rings. The van der Waals surface area contributed by atoms with Gasteiger partial charge in [0.2, 0.25) is 35.4 Å². The molecule has 0 rings (SSSR count). The van der Waals surface area contributed by atoms with Crippen molar-refractivity contribution in [2.24, 2.45) is 40.5 Å². The molecule has 7 atom stereocenters. The molecule has 0 heterocycles. The van der Waals surface area contributed by atoms with E-state index in [1.165, 1.54) is 0 Å². The summed E-state index contributed by atoms with van der Waals surface area (Å²) in [5.74, 6) is -6.14. The van der Waals surface area contributed by atoms with Crippen LogP contribution in [0.25, 0.3) is 0 Å². The van der Waals surface area contributed by atoms with E-state index in [4.69, 9.17) is 33.8 Å². The van der Waals surface area contributed by atoms with Crippen molar-refractivity contribution in [1.82, 2.24) is 31.9 Å². The van der Waals surface area contributed by atoms with Crippen LogP contribution in [-0.4, -0.2) is 127 Å². The number of carboxylic acids is 1. The summed E-state index contributed by atoms with van der Waals surface area (Å²) in [6.45, 7) is 6.47. The molecule has 51 heavy (non-hydrogen) atoms. The van der Waals surface area contributed by atoms with Crippen molar-refractivity contribution in [3.63, 3.8) is 0 Å². The molecule has 20 nitrogen and oxygen atoms in total. The predicted octanol–water partition coefficient (Wildman–Crippen LogP) is -5.21. The van der Waals surface area contributed by atoms with Gasteiger partial charge in [-0.1, -0.05) is 27.7 Å². The van der Waals surface area contributed by atoms with E-state index in [-0.39, 0.29) is 76.5 Å². The Morgan fingerprint density at radius 3 is 1.02 bits per heavy atom. The summed E-state index contributed by atoms with van der Waals surface area (Å²) in [4.78, 5) is 90.3. The molecule has 0 radical (unpaired) electrons. The van der Waals surface area contributed by atoms with Crippen LogP contribution in [0.1, 0.15) is 66.2 Å². The number of aliphatic carboxylic acids is 1. The number of rotatable bonds is 26. The van der Waals surface area contributed by atoms with Gasteiger partial charge in [0.1, 0.15) is 36.3 Å². The first-order valence-electron chi connectivity index (χ1n) is 17.2. The van der Waals surface area contributed by atoms with Gasteiger partial charge < -0.3 is 70.8 Å². The normalized spacial score (nSPS) is 15.4. The molecule has 0 aliphatic carbocycles. The highest BCUT2D eigenvalue weighted by atomic mass is 16.4. The molecule has 6 amide bonds. The minimum atomic E-state index is -1.62. The van der Waals surface area contributed by atoms with Gasteiger partial charge in [0.05, 0.1) is 12.6 Å². The Labute approximate surface area is 298 Å². The average molecular weight is 732 g/mol. The molecule has 18 N–H and O–H groups in total. The minimum absolute atomic E-state index is 0.0445. The third-order valence-electron chi connectivity index (χ3n) is 7.56. The lowest BCUT2D eigenvalue weighted by molar-refractivity contribution is -0.143. The molecule has 0 aromatic heterocycles. The second-order valence-electron chi connectivity index (χ2n) is 13.1. The zero-order valence-corrected chi connectivity index (χ0v) is 30.1. The fourth-order valence-corrected chi connectivity index (χ4v) is 4.85. The molecule has 0 aromatic carbocycles. The highest BCUT2D eigenvalue weighted by molar-refractivity contribution is 5.97. The van der Waals surface area contributed by atoms with Gasteiger partial charge in [-0.15, -0.1) is 0 Å². The molecule has 0 bridgehead atoms. The quantitative estimate of drug-likeness (QED) is 0.0396. The van der Waals surface area contributed by atoms with Crippen LogP contribution in [0.2, 0.25) is 0 Å². The van der Waals surface area contributed by atoms with Gasteiger partial charge in [-0.2, -0.15) is 0 Å². The van der Waals surface area contributed by atoms with Crippen LogP contribution < -0.4 is 60.6 Å². The highest BCUT2D eigenvalue weighted by Gasteiger charge is 2.33. The Morgan fingerprint density at radius 1 is 0.471 bits per heavy atom. The summed E-state index contributed by atoms with van der Waals surface area (Å²) in [7, 11) is 0. The van der Waals surface area contributed by atoms with E-state index >= 15 is 0 Å². The Bertz CT molecular complexity index is 1140. The van der Waals surface area contributed by atoms with Gasteiger partial charge >= 0.3 is 5.97 Å². The molecule has 0 saturated heterocycles. The molecular weight excluding hydrogens is 670 g/mol. The van der Waals surface area contributed by atoms with E-state index in [0.717, 1.165) is 0 Å². The van der Waals surface area contributed by atoms with E-state index in [9.17, 15) is 38.7 Å². The smallest absolute Gasteiger partial charge is 0.328 e. The minimum Gasteiger partial charge on any atom is -0.480 e. The lowest BCUT2D eigenvalue weighted by atomic mass is 9.99. The molecular formula is C31H61N11O9. The van der Waals surface area contributed by atoms with Gasteiger partial charge in [0, 0.05) is 0 Å². The Hall–Kier alpha value is -3.95. The predicted molar refractivity (Wildman–Crippen MR) is 188 cm³/mol. The zero-order valence-electron chi connectivity index (χ0n) is 30.1.